The molecule has 0 radical (unpaired) electrons. The molecular formula is C29H38F2O12S. The molecule has 1 N–H and O–H groups in total. The van der Waals surface area contributed by atoms with Gasteiger partial charge in [0.1, 0.15) is 31.0 Å². The van der Waals surface area contributed by atoms with Gasteiger partial charge in [0.15, 0.2) is 6.10 Å². The maximum atomic E-state index is 13.9. The molecule has 15 heteroatoms. The van der Waals surface area contributed by atoms with Crippen LogP contribution in [0.15, 0.2) is 0 Å². The number of fused-ring (bicyclic) bond motifs is 6. The molecule has 1 heterocycles. The third-order valence-electron chi connectivity index (χ3n) is 11.4. The van der Waals surface area contributed by atoms with Crippen molar-refractivity contribution in [3.8, 4) is 0 Å². The molecule has 1 saturated heterocycles. The normalized spacial score (nSPS) is 40.7. The van der Waals surface area contributed by atoms with Crippen molar-refractivity contribution in [1.82, 2.24) is 0 Å². The van der Waals surface area contributed by atoms with Gasteiger partial charge in [-0.3, -0.25) is 14.1 Å². The Labute approximate surface area is 253 Å². The first-order valence-electron chi connectivity index (χ1n) is 15.3. The number of hydrogen-bond donors (Lipinski definition) is 1. The molecule has 11 atom stereocenters. The number of alkyl halides is 2. The van der Waals surface area contributed by atoms with Gasteiger partial charge in [0.05, 0.1) is 11.8 Å². The predicted octanol–water partition coefficient (Wildman–Crippen LogP) is 2.53. The third kappa shape index (κ3) is 5.01. The van der Waals surface area contributed by atoms with Crippen LogP contribution < -0.4 is 0 Å². The highest BCUT2D eigenvalue weighted by Gasteiger charge is 2.71. The molecular weight excluding hydrogens is 610 g/mol. The fourth-order valence-corrected chi connectivity index (χ4v) is 9.84. The number of carbonyl (C=O) groups is 4. The SMILES string of the molecule is CC(C)C1(OC(=O)C2C3CC4C(OC(=O)C42)C3OC(=O)COCC(=O)OC(C)C(F)(F)S(=O)(=O)O)CC2C3CCC(C3)C2C1. The minimum atomic E-state index is -5.83. The minimum Gasteiger partial charge on any atom is -0.459 e. The quantitative estimate of drug-likeness (QED) is 0.198. The van der Waals surface area contributed by atoms with Crippen molar-refractivity contribution in [2.24, 2.45) is 53.3 Å². The second kappa shape index (κ2) is 10.9. The molecule has 0 aromatic rings. The second-order valence-electron chi connectivity index (χ2n) is 13.8. The van der Waals surface area contributed by atoms with E-state index >= 15 is 0 Å². The zero-order chi connectivity index (χ0) is 31.9. The minimum absolute atomic E-state index is 0.0954. The maximum Gasteiger partial charge on any atom is 0.405 e. The van der Waals surface area contributed by atoms with Crippen molar-refractivity contribution >= 4 is 34.0 Å². The zero-order valence-electron chi connectivity index (χ0n) is 24.7. The Morgan fingerprint density at radius 1 is 1.00 bits per heavy atom. The summed E-state index contributed by atoms with van der Waals surface area (Å²) in [5.74, 6) is -3.06. The third-order valence-corrected chi connectivity index (χ3v) is 12.5. The van der Waals surface area contributed by atoms with Crippen LogP contribution in [-0.4, -0.2) is 79.2 Å². The topological polar surface area (TPSA) is 169 Å². The Morgan fingerprint density at radius 3 is 2.20 bits per heavy atom. The van der Waals surface area contributed by atoms with Gasteiger partial charge in [0.25, 0.3) is 0 Å². The molecule has 6 fully saturated rings. The smallest absolute Gasteiger partial charge is 0.405 e. The number of hydrogen-bond acceptors (Lipinski definition) is 11. The van der Waals surface area contributed by atoms with Gasteiger partial charge in [0, 0.05) is 11.8 Å². The van der Waals surface area contributed by atoms with Crippen LogP contribution in [0.1, 0.15) is 59.3 Å². The molecule has 6 aliphatic rings. The Balaban J connectivity index is 1.06. The summed E-state index contributed by atoms with van der Waals surface area (Å²) in [5.41, 5.74) is -0.602. The van der Waals surface area contributed by atoms with Crippen LogP contribution in [0.5, 0.6) is 0 Å². The van der Waals surface area contributed by atoms with E-state index in [1.165, 1.54) is 19.3 Å². The number of halogens is 2. The van der Waals surface area contributed by atoms with Gasteiger partial charge in [-0.1, -0.05) is 13.8 Å². The molecule has 0 aromatic heterocycles. The molecule has 0 amide bonds. The van der Waals surface area contributed by atoms with Crippen LogP contribution in [0.2, 0.25) is 0 Å². The Kier molecular flexibility index (Phi) is 7.79. The van der Waals surface area contributed by atoms with E-state index < -0.39 is 94.1 Å². The predicted molar refractivity (Wildman–Crippen MR) is 142 cm³/mol. The number of esters is 4. The second-order valence-corrected chi connectivity index (χ2v) is 15.3. The highest BCUT2D eigenvalue weighted by atomic mass is 32.2. The van der Waals surface area contributed by atoms with Gasteiger partial charge >= 0.3 is 39.2 Å². The van der Waals surface area contributed by atoms with Crippen molar-refractivity contribution in [3.63, 3.8) is 0 Å². The van der Waals surface area contributed by atoms with Gasteiger partial charge in [-0.05, 0) is 75.0 Å². The average molecular weight is 649 g/mol. The fraction of sp³-hybridized carbons (Fsp3) is 0.862. The largest absolute Gasteiger partial charge is 0.459 e. The van der Waals surface area contributed by atoms with E-state index in [0.717, 1.165) is 12.8 Å². The molecule has 5 aliphatic carbocycles. The number of ether oxygens (including phenoxy) is 5. The van der Waals surface area contributed by atoms with Gasteiger partial charge in [-0.2, -0.15) is 17.2 Å². The molecule has 4 bridgehead atoms. The van der Waals surface area contributed by atoms with E-state index in [1.807, 2.05) is 0 Å². The first kappa shape index (κ1) is 31.6. The Morgan fingerprint density at radius 2 is 1.61 bits per heavy atom. The lowest BCUT2D eigenvalue weighted by molar-refractivity contribution is -0.181. The van der Waals surface area contributed by atoms with Crippen LogP contribution >= 0.6 is 0 Å². The molecule has 11 unspecified atom stereocenters. The summed E-state index contributed by atoms with van der Waals surface area (Å²) in [4.78, 5) is 51.2. The lowest BCUT2D eigenvalue weighted by Gasteiger charge is -2.38. The molecule has 1 aliphatic heterocycles. The molecule has 6 rings (SSSR count). The van der Waals surface area contributed by atoms with Crippen LogP contribution in [0.3, 0.4) is 0 Å². The zero-order valence-corrected chi connectivity index (χ0v) is 25.5. The van der Waals surface area contributed by atoms with Crippen LogP contribution in [-0.2, 0) is 53.0 Å². The monoisotopic (exact) mass is 648 g/mol. The first-order valence-corrected chi connectivity index (χ1v) is 16.7. The molecule has 44 heavy (non-hydrogen) atoms. The van der Waals surface area contributed by atoms with Gasteiger partial charge < -0.3 is 23.7 Å². The highest BCUT2D eigenvalue weighted by molar-refractivity contribution is 7.86. The summed E-state index contributed by atoms with van der Waals surface area (Å²) in [6.45, 7) is 2.91. The number of rotatable bonds is 11. The lowest BCUT2D eigenvalue weighted by Crippen LogP contribution is -2.47. The molecule has 12 nitrogen and oxygen atoms in total. The Hall–Kier alpha value is -2.39. The summed E-state index contributed by atoms with van der Waals surface area (Å²) in [7, 11) is -5.83. The fourth-order valence-electron chi connectivity index (χ4n) is 9.37. The van der Waals surface area contributed by atoms with Gasteiger partial charge in [0.2, 0.25) is 0 Å². The molecule has 0 spiro atoms. The molecule has 0 aromatic carbocycles. The van der Waals surface area contributed by atoms with Crippen molar-refractivity contribution < 1.29 is 64.6 Å². The summed E-state index contributed by atoms with van der Waals surface area (Å²) < 4.78 is 84.1. The lowest BCUT2D eigenvalue weighted by atomic mass is 9.78. The first-order chi connectivity index (χ1) is 20.5. The number of carbonyl (C=O) groups excluding carboxylic acids is 4. The van der Waals surface area contributed by atoms with E-state index in [9.17, 15) is 36.4 Å². The van der Waals surface area contributed by atoms with Crippen LogP contribution in [0.25, 0.3) is 0 Å². The van der Waals surface area contributed by atoms with Crippen LogP contribution in [0.4, 0.5) is 8.78 Å². The molecule has 246 valence electrons. The van der Waals surface area contributed by atoms with Crippen molar-refractivity contribution in [2.45, 2.75) is 88.5 Å². The maximum absolute atomic E-state index is 13.9. The average Bonchev–Trinajstić information content (AvgIpc) is 3.74. The Bertz CT molecular complexity index is 1320. The summed E-state index contributed by atoms with van der Waals surface area (Å²) >= 11 is 0. The van der Waals surface area contributed by atoms with Gasteiger partial charge in [-0.25, -0.2) is 9.59 Å². The van der Waals surface area contributed by atoms with Crippen molar-refractivity contribution in [1.29, 1.82) is 0 Å². The standard InChI is InChI=1S/C29H38F2O12S/c1-12(2)28(8-18-14-4-5-15(6-14)19(18)9-28)43-27(35)23-17-7-16-22(23)26(34)42-25(16)24(17)41-21(33)11-39-10-20(32)40-13(3)29(30,31)44(36,37)38/h12-19,22-25H,4-11H2,1-3H3,(H,36,37,38). The summed E-state index contributed by atoms with van der Waals surface area (Å²) in [6, 6.07) is 0. The van der Waals surface area contributed by atoms with E-state index in [4.69, 9.17) is 23.5 Å². The van der Waals surface area contributed by atoms with E-state index in [2.05, 4.69) is 18.6 Å². The van der Waals surface area contributed by atoms with Gasteiger partial charge in [-0.15, -0.1) is 0 Å². The van der Waals surface area contributed by atoms with Crippen molar-refractivity contribution in [2.75, 3.05) is 13.2 Å². The van der Waals surface area contributed by atoms with E-state index in [1.54, 1.807) is 0 Å². The molecule has 5 saturated carbocycles. The highest BCUT2D eigenvalue weighted by Crippen LogP contribution is 2.64. The summed E-state index contributed by atoms with van der Waals surface area (Å²) in [6.07, 6.45) is 1.65. The van der Waals surface area contributed by atoms with Crippen molar-refractivity contribution in [3.05, 3.63) is 0 Å². The van der Waals surface area contributed by atoms with E-state index in [-0.39, 0.29) is 11.8 Å². The van der Waals surface area contributed by atoms with E-state index in [0.29, 0.717) is 37.0 Å². The van der Waals surface area contributed by atoms with Crippen LogP contribution in [0, 0.1) is 53.3 Å². The summed E-state index contributed by atoms with van der Waals surface area (Å²) in [5, 5.41) is -4.75.